The predicted octanol–water partition coefficient (Wildman–Crippen LogP) is 1.38. The van der Waals surface area contributed by atoms with Crippen LogP contribution in [0.1, 0.15) is 32.6 Å². The second-order valence-corrected chi connectivity index (χ2v) is 4.68. The van der Waals surface area contributed by atoms with E-state index >= 15 is 0 Å². The average molecular weight is 212 g/mol. The largest absolute Gasteiger partial charge is 0.304 e. The van der Waals surface area contributed by atoms with Crippen LogP contribution < -0.4 is 0 Å². The van der Waals surface area contributed by atoms with Crippen molar-refractivity contribution in [1.29, 1.82) is 0 Å². The van der Waals surface area contributed by atoms with E-state index in [1.807, 2.05) is 0 Å². The lowest BCUT2D eigenvalue weighted by Crippen LogP contribution is -2.43. The van der Waals surface area contributed by atoms with Crippen LogP contribution in [0, 0.1) is 0 Å². The molecule has 1 unspecified atom stereocenters. The highest BCUT2D eigenvalue weighted by molar-refractivity contribution is 5.84. The summed E-state index contributed by atoms with van der Waals surface area (Å²) in [6, 6.07) is 0.129. The maximum Gasteiger partial charge on any atom is 0.151 e. The van der Waals surface area contributed by atoms with Crippen molar-refractivity contribution in [2.24, 2.45) is 0 Å². The molecule has 15 heavy (non-hydrogen) atoms. The number of hydrogen-bond acceptors (Lipinski definition) is 3. The standard InChI is InChI=1S/C12H24N2O/c1-4-5-7-12(15)11-10-13(2)8-6-9-14(11)3/h11H,4-10H2,1-3H3. The molecule has 0 aromatic heterocycles. The first-order chi connectivity index (χ1) is 7.15. The number of likely N-dealkylation sites (N-methyl/N-ethyl adjacent to an activating group) is 2. The van der Waals surface area contributed by atoms with Gasteiger partial charge < -0.3 is 4.90 Å². The summed E-state index contributed by atoms with van der Waals surface area (Å²) in [5.41, 5.74) is 0. The molecule has 0 spiro atoms. The van der Waals surface area contributed by atoms with Crippen LogP contribution in [0.25, 0.3) is 0 Å². The van der Waals surface area contributed by atoms with Crippen molar-refractivity contribution in [3.63, 3.8) is 0 Å². The maximum absolute atomic E-state index is 12.0. The summed E-state index contributed by atoms with van der Waals surface area (Å²) in [6.45, 7) is 5.20. The summed E-state index contributed by atoms with van der Waals surface area (Å²) in [4.78, 5) is 16.5. The van der Waals surface area contributed by atoms with E-state index in [9.17, 15) is 4.79 Å². The quantitative estimate of drug-likeness (QED) is 0.703. The molecule has 3 heteroatoms. The second-order valence-electron chi connectivity index (χ2n) is 4.68. The van der Waals surface area contributed by atoms with Gasteiger partial charge in [-0.1, -0.05) is 13.3 Å². The first-order valence-electron chi connectivity index (χ1n) is 6.06. The zero-order chi connectivity index (χ0) is 11.3. The molecule has 88 valence electrons. The Hall–Kier alpha value is -0.410. The molecule has 1 saturated heterocycles. The lowest BCUT2D eigenvalue weighted by molar-refractivity contribution is -0.124. The number of carbonyl (C=O) groups is 1. The molecule has 0 aromatic rings. The van der Waals surface area contributed by atoms with Crippen molar-refractivity contribution in [1.82, 2.24) is 9.80 Å². The normalized spacial score (nSPS) is 25.1. The van der Waals surface area contributed by atoms with Crippen LogP contribution in [0.4, 0.5) is 0 Å². The van der Waals surface area contributed by atoms with E-state index in [1.54, 1.807) is 0 Å². The molecule has 1 aliphatic rings. The van der Waals surface area contributed by atoms with Crippen LogP contribution in [0.5, 0.6) is 0 Å². The lowest BCUT2D eigenvalue weighted by Gasteiger charge is -2.26. The van der Waals surface area contributed by atoms with Crippen LogP contribution in [0.3, 0.4) is 0 Å². The molecule has 1 heterocycles. The molecule has 0 saturated carbocycles. The van der Waals surface area contributed by atoms with Crippen molar-refractivity contribution in [2.75, 3.05) is 33.7 Å². The van der Waals surface area contributed by atoms with E-state index in [4.69, 9.17) is 0 Å². The van der Waals surface area contributed by atoms with E-state index in [2.05, 4.69) is 30.8 Å². The molecule has 3 nitrogen and oxygen atoms in total. The Morgan fingerprint density at radius 3 is 2.73 bits per heavy atom. The highest BCUT2D eigenvalue weighted by Gasteiger charge is 2.25. The van der Waals surface area contributed by atoms with Gasteiger partial charge in [0.05, 0.1) is 6.04 Å². The zero-order valence-electron chi connectivity index (χ0n) is 10.3. The fraction of sp³-hybridized carbons (Fsp3) is 0.917. The summed E-state index contributed by atoms with van der Waals surface area (Å²) < 4.78 is 0. The molecule has 0 N–H and O–H groups in total. The number of hydrogen-bond donors (Lipinski definition) is 0. The molecule has 0 radical (unpaired) electrons. The Morgan fingerprint density at radius 1 is 1.33 bits per heavy atom. The summed E-state index contributed by atoms with van der Waals surface area (Å²) in [6.07, 6.45) is 4.06. The minimum absolute atomic E-state index is 0.129. The number of rotatable bonds is 4. The number of carbonyl (C=O) groups excluding carboxylic acids is 1. The van der Waals surface area contributed by atoms with Gasteiger partial charge in [-0.15, -0.1) is 0 Å². The number of ketones is 1. The summed E-state index contributed by atoms with van der Waals surface area (Å²) in [7, 11) is 4.19. The fourth-order valence-electron chi connectivity index (χ4n) is 2.14. The molecule has 1 atom stereocenters. The third-order valence-corrected chi connectivity index (χ3v) is 3.22. The van der Waals surface area contributed by atoms with E-state index < -0.39 is 0 Å². The maximum atomic E-state index is 12.0. The van der Waals surface area contributed by atoms with Crippen molar-refractivity contribution >= 4 is 5.78 Å². The molecule has 0 aromatic carbocycles. The minimum atomic E-state index is 0.129. The third kappa shape index (κ3) is 3.92. The number of Topliss-reactive ketones (excluding diaryl/α,β-unsaturated/α-hetero) is 1. The van der Waals surface area contributed by atoms with E-state index in [0.717, 1.165) is 38.9 Å². The molecule has 1 aliphatic heterocycles. The van der Waals surface area contributed by atoms with Gasteiger partial charge in [0.1, 0.15) is 0 Å². The molecule has 1 fully saturated rings. The average Bonchev–Trinajstić information content (AvgIpc) is 2.37. The van der Waals surface area contributed by atoms with Crippen LogP contribution >= 0.6 is 0 Å². The van der Waals surface area contributed by atoms with Gasteiger partial charge in [-0.05, 0) is 40.0 Å². The topological polar surface area (TPSA) is 23.6 Å². The number of nitrogens with zero attached hydrogens (tertiary/aromatic N) is 2. The Morgan fingerprint density at radius 2 is 2.07 bits per heavy atom. The summed E-state index contributed by atoms with van der Waals surface area (Å²) in [5, 5.41) is 0. The van der Waals surface area contributed by atoms with Gasteiger partial charge in [0, 0.05) is 13.0 Å². The highest BCUT2D eigenvalue weighted by Crippen LogP contribution is 2.10. The molecule has 1 rings (SSSR count). The zero-order valence-corrected chi connectivity index (χ0v) is 10.3. The van der Waals surface area contributed by atoms with Gasteiger partial charge >= 0.3 is 0 Å². The molecule has 0 aliphatic carbocycles. The van der Waals surface area contributed by atoms with E-state index in [0.29, 0.717) is 5.78 Å². The van der Waals surface area contributed by atoms with Crippen LogP contribution in [-0.4, -0.2) is 55.4 Å². The Kier molecular flexibility index (Phi) is 5.26. The first-order valence-corrected chi connectivity index (χ1v) is 6.06. The van der Waals surface area contributed by atoms with Crippen LogP contribution in [0.2, 0.25) is 0 Å². The Labute approximate surface area is 93.4 Å². The SMILES string of the molecule is CCCCC(=O)C1CN(C)CCCN1C. The van der Waals surface area contributed by atoms with E-state index in [-0.39, 0.29) is 6.04 Å². The second kappa shape index (κ2) is 6.23. The molecule has 0 amide bonds. The van der Waals surface area contributed by atoms with Gasteiger partial charge in [-0.2, -0.15) is 0 Å². The predicted molar refractivity (Wildman–Crippen MR) is 63.1 cm³/mol. The minimum Gasteiger partial charge on any atom is -0.304 e. The monoisotopic (exact) mass is 212 g/mol. The van der Waals surface area contributed by atoms with Crippen LogP contribution in [-0.2, 0) is 4.79 Å². The van der Waals surface area contributed by atoms with Gasteiger partial charge in [-0.25, -0.2) is 0 Å². The Balaban J connectivity index is 2.51. The van der Waals surface area contributed by atoms with Crippen molar-refractivity contribution in [3.8, 4) is 0 Å². The number of unbranched alkanes of at least 4 members (excludes halogenated alkanes) is 1. The Bertz CT molecular complexity index is 206. The van der Waals surface area contributed by atoms with Crippen molar-refractivity contribution in [3.05, 3.63) is 0 Å². The highest BCUT2D eigenvalue weighted by atomic mass is 16.1. The van der Waals surface area contributed by atoms with Crippen LogP contribution in [0.15, 0.2) is 0 Å². The van der Waals surface area contributed by atoms with Gasteiger partial charge in [0.25, 0.3) is 0 Å². The lowest BCUT2D eigenvalue weighted by atomic mass is 10.1. The van der Waals surface area contributed by atoms with Gasteiger partial charge in [0.15, 0.2) is 5.78 Å². The van der Waals surface area contributed by atoms with E-state index in [1.165, 1.54) is 6.42 Å². The van der Waals surface area contributed by atoms with Crippen molar-refractivity contribution < 1.29 is 4.79 Å². The smallest absolute Gasteiger partial charge is 0.151 e. The van der Waals surface area contributed by atoms with Crippen molar-refractivity contribution in [2.45, 2.75) is 38.6 Å². The summed E-state index contributed by atoms with van der Waals surface area (Å²) >= 11 is 0. The first kappa shape index (κ1) is 12.7. The fourth-order valence-corrected chi connectivity index (χ4v) is 2.14. The molecular formula is C12H24N2O. The van der Waals surface area contributed by atoms with Gasteiger partial charge in [0.2, 0.25) is 0 Å². The summed E-state index contributed by atoms with van der Waals surface area (Å²) in [5.74, 6) is 0.424. The third-order valence-electron chi connectivity index (χ3n) is 3.22. The van der Waals surface area contributed by atoms with Gasteiger partial charge in [-0.3, -0.25) is 9.69 Å². The molecule has 0 bridgehead atoms. The molecular weight excluding hydrogens is 188 g/mol.